The topological polar surface area (TPSA) is 67.8 Å². The number of aliphatic carboxylic acids is 1. The molecule has 1 fully saturated rings. The molecule has 0 radical (unpaired) electrons. The quantitative estimate of drug-likeness (QED) is 0.863. The predicted octanol–water partition coefficient (Wildman–Crippen LogP) is 2.00. The van der Waals surface area contributed by atoms with Crippen LogP contribution in [0.25, 0.3) is 0 Å². The molecule has 0 spiro atoms. The highest BCUT2D eigenvalue weighted by atomic mass is 16.5. The maximum absolute atomic E-state index is 11.1. The number of carboxylic acids is 1. The number of hydrogen-bond acceptors (Lipinski definition) is 4. The number of ether oxygens (including phenoxy) is 2. The summed E-state index contributed by atoms with van der Waals surface area (Å²) in [7, 11) is 3.26. The minimum atomic E-state index is -0.747. The van der Waals surface area contributed by atoms with E-state index in [1.165, 1.54) is 0 Å². The summed E-state index contributed by atoms with van der Waals surface area (Å²) in [4.78, 5) is 11.1. The zero-order valence-electron chi connectivity index (χ0n) is 12.1. The van der Waals surface area contributed by atoms with Crippen molar-refractivity contribution in [3.63, 3.8) is 0 Å². The Balaban J connectivity index is 2.33. The monoisotopic (exact) mass is 279 g/mol. The van der Waals surface area contributed by atoms with E-state index < -0.39 is 5.97 Å². The smallest absolute Gasteiger partial charge is 0.307 e. The molecule has 1 saturated heterocycles. The molecule has 2 N–H and O–H groups in total. The van der Waals surface area contributed by atoms with Crippen LogP contribution in [0, 0.1) is 5.92 Å². The Bertz CT molecular complexity index is 501. The van der Waals surface area contributed by atoms with Gasteiger partial charge >= 0.3 is 5.97 Å². The molecule has 0 bridgehead atoms. The molecule has 0 amide bonds. The van der Waals surface area contributed by atoms with E-state index in [4.69, 9.17) is 14.6 Å². The summed E-state index contributed by atoms with van der Waals surface area (Å²) in [6.45, 7) is 2.56. The normalized spacial score (nSPS) is 21.8. The number of carbonyl (C=O) groups is 1. The second kappa shape index (κ2) is 6.13. The molecule has 110 valence electrons. The minimum absolute atomic E-state index is 0.0160. The Labute approximate surface area is 118 Å². The first-order valence-corrected chi connectivity index (χ1v) is 6.81. The van der Waals surface area contributed by atoms with Gasteiger partial charge in [0.1, 0.15) is 11.5 Å². The molecule has 0 saturated carbocycles. The molecule has 2 rings (SSSR count). The average molecular weight is 279 g/mol. The van der Waals surface area contributed by atoms with Gasteiger partial charge in [-0.3, -0.25) is 4.79 Å². The van der Waals surface area contributed by atoms with Crippen molar-refractivity contribution in [2.45, 2.75) is 25.8 Å². The Hall–Kier alpha value is -1.75. The molecular weight excluding hydrogens is 258 g/mol. The van der Waals surface area contributed by atoms with Gasteiger partial charge in [-0.1, -0.05) is 6.92 Å². The number of nitrogens with one attached hydrogen (secondary N) is 1. The van der Waals surface area contributed by atoms with Crippen molar-refractivity contribution in [1.82, 2.24) is 5.32 Å². The van der Waals surface area contributed by atoms with Crippen LogP contribution in [0.3, 0.4) is 0 Å². The Morgan fingerprint density at radius 2 is 2.05 bits per heavy atom. The number of methoxy groups -OCH3 is 2. The standard InChI is InChI=1S/C15H21NO4/c1-4-9-5-11(14(20-3)7-13(9)19-2)12-6-10(8-16-12)15(17)18/h5,7,10,12,16H,4,6,8H2,1-3H3,(H,17,18). The van der Waals surface area contributed by atoms with Crippen LogP contribution < -0.4 is 14.8 Å². The number of hydrogen-bond donors (Lipinski definition) is 2. The predicted molar refractivity (Wildman–Crippen MR) is 75.4 cm³/mol. The molecule has 2 atom stereocenters. The second-order valence-electron chi connectivity index (χ2n) is 4.99. The Morgan fingerprint density at radius 3 is 2.55 bits per heavy atom. The third kappa shape index (κ3) is 2.72. The zero-order chi connectivity index (χ0) is 14.7. The molecular formula is C15H21NO4. The first-order chi connectivity index (χ1) is 9.60. The lowest BCUT2D eigenvalue weighted by Gasteiger charge is -2.18. The van der Waals surface area contributed by atoms with E-state index >= 15 is 0 Å². The van der Waals surface area contributed by atoms with Crippen LogP contribution in [0.5, 0.6) is 11.5 Å². The van der Waals surface area contributed by atoms with Crippen molar-refractivity contribution in [1.29, 1.82) is 0 Å². The van der Waals surface area contributed by atoms with Crippen LogP contribution in [0.15, 0.2) is 12.1 Å². The summed E-state index contributed by atoms with van der Waals surface area (Å²) in [6, 6.07) is 3.95. The first kappa shape index (κ1) is 14.7. The van der Waals surface area contributed by atoms with Crippen LogP contribution in [-0.2, 0) is 11.2 Å². The SMILES string of the molecule is CCc1cc(C2CC(C(=O)O)CN2)c(OC)cc1OC. The summed E-state index contributed by atoms with van der Waals surface area (Å²) in [5.74, 6) is 0.462. The van der Waals surface area contributed by atoms with Crippen molar-refractivity contribution >= 4 is 5.97 Å². The molecule has 1 aliphatic heterocycles. The van der Waals surface area contributed by atoms with Crippen molar-refractivity contribution < 1.29 is 19.4 Å². The lowest BCUT2D eigenvalue weighted by molar-refractivity contribution is -0.141. The van der Waals surface area contributed by atoms with Crippen molar-refractivity contribution in [3.8, 4) is 11.5 Å². The van der Waals surface area contributed by atoms with E-state index in [9.17, 15) is 4.79 Å². The molecule has 20 heavy (non-hydrogen) atoms. The van der Waals surface area contributed by atoms with Gasteiger partial charge in [0.2, 0.25) is 0 Å². The largest absolute Gasteiger partial charge is 0.496 e. The molecule has 1 aliphatic rings. The van der Waals surface area contributed by atoms with E-state index in [0.29, 0.717) is 13.0 Å². The van der Waals surface area contributed by atoms with Gasteiger partial charge in [-0.05, 0) is 24.5 Å². The fourth-order valence-corrected chi connectivity index (χ4v) is 2.70. The van der Waals surface area contributed by atoms with Crippen LogP contribution >= 0.6 is 0 Å². The fourth-order valence-electron chi connectivity index (χ4n) is 2.70. The summed E-state index contributed by atoms with van der Waals surface area (Å²) in [5, 5.41) is 12.4. The Morgan fingerprint density at radius 1 is 1.35 bits per heavy atom. The van der Waals surface area contributed by atoms with E-state index in [0.717, 1.165) is 29.0 Å². The zero-order valence-corrected chi connectivity index (χ0v) is 12.1. The van der Waals surface area contributed by atoms with Gasteiger partial charge in [0.15, 0.2) is 0 Å². The highest BCUT2D eigenvalue weighted by Gasteiger charge is 2.32. The molecule has 5 heteroatoms. The molecule has 0 aromatic heterocycles. The lowest BCUT2D eigenvalue weighted by Crippen LogP contribution is -2.17. The van der Waals surface area contributed by atoms with E-state index in [1.54, 1.807) is 14.2 Å². The number of carboxylic acid groups (broad SMARTS) is 1. The van der Waals surface area contributed by atoms with Gasteiger partial charge in [0.25, 0.3) is 0 Å². The molecule has 1 aromatic carbocycles. The second-order valence-corrected chi connectivity index (χ2v) is 4.99. The van der Waals surface area contributed by atoms with Gasteiger partial charge in [0, 0.05) is 24.2 Å². The van der Waals surface area contributed by atoms with Crippen LogP contribution in [0.1, 0.15) is 30.5 Å². The fraction of sp³-hybridized carbons (Fsp3) is 0.533. The summed E-state index contributed by atoms with van der Waals surface area (Å²) in [5.41, 5.74) is 2.11. The van der Waals surface area contributed by atoms with Gasteiger partial charge in [-0.2, -0.15) is 0 Å². The van der Waals surface area contributed by atoms with E-state index in [2.05, 4.69) is 18.3 Å². The number of aryl methyl sites for hydroxylation is 1. The van der Waals surface area contributed by atoms with Gasteiger partial charge in [0.05, 0.1) is 20.1 Å². The average Bonchev–Trinajstić information content (AvgIpc) is 2.95. The van der Waals surface area contributed by atoms with Crippen LogP contribution in [0.4, 0.5) is 0 Å². The van der Waals surface area contributed by atoms with Crippen molar-refractivity contribution in [2.24, 2.45) is 5.92 Å². The van der Waals surface area contributed by atoms with Gasteiger partial charge in [-0.25, -0.2) is 0 Å². The Kier molecular flexibility index (Phi) is 4.49. The highest BCUT2D eigenvalue weighted by molar-refractivity contribution is 5.71. The molecule has 1 heterocycles. The minimum Gasteiger partial charge on any atom is -0.496 e. The maximum Gasteiger partial charge on any atom is 0.307 e. The molecule has 1 aromatic rings. The first-order valence-electron chi connectivity index (χ1n) is 6.81. The van der Waals surface area contributed by atoms with Crippen molar-refractivity contribution in [2.75, 3.05) is 20.8 Å². The van der Waals surface area contributed by atoms with Crippen molar-refractivity contribution in [3.05, 3.63) is 23.3 Å². The number of rotatable bonds is 5. The third-order valence-corrected chi connectivity index (χ3v) is 3.87. The van der Waals surface area contributed by atoms with Crippen LogP contribution in [0.2, 0.25) is 0 Å². The van der Waals surface area contributed by atoms with E-state index in [-0.39, 0.29) is 12.0 Å². The lowest BCUT2D eigenvalue weighted by atomic mass is 9.96. The molecule has 0 aliphatic carbocycles. The van der Waals surface area contributed by atoms with Gasteiger partial charge < -0.3 is 19.9 Å². The highest BCUT2D eigenvalue weighted by Crippen LogP contribution is 2.37. The summed E-state index contributed by atoms with van der Waals surface area (Å²) >= 11 is 0. The third-order valence-electron chi connectivity index (χ3n) is 3.87. The van der Waals surface area contributed by atoms with E-state index in [1.807, 2.05) is 6.07 Å². The van der Waals surface area contributed by atoms with Gasteiger partial charge in [-0.15, -0.1) is 0 Å². The summed E-state index contributed by atoms with van der Waals surface area (Å²) in [6.07, 6.45) is 1.44. The number of benzene rings is 1. The molecule has 2 unspecified atom stereocenters. The van der Waals surface area contributed by atoms with Crippen LogP contribution in [-0.4, -0.2) is 31.8 Å². The molecule has 5 nitrogen and oxygen atoms in total. The summed E-state index contributed by atoms with van der Waals surface area (Å²) < 4.78 is 10.8. The maximum atomic E-state index is 11.1.